The molecule has 128 valence electrons. The van der Waals surface area contributed by atoms with E-state index in [1.54, 1.807) is 6.20 Å². The number of carbonyl (C=O) groups excluding carboxylic acids is 1. The van der Waals surface area contributed by atoms with Crippen LogP contribution in [-0.2, 0) is 0 Å². The molecule has 0 saturated carbocycles. The Morgan fingerprint density at radius 2 is 2.08 bits per heavy atom. The van der Waals surface area contributed by atoms with Crippen molar-refractivity contribution in [2.45, 2.75) is 20.3 Å². The van der Waals surface area contributed by atoms with E-state index in [0.29, 0.717) is 11.7 Å². The second-order valence-corrected chi connectivity index (χ2v) is 7.61. The normalized spacial score (nSPS) is 15.3. The van der Waals surface area contributed by atoms with Crippen LogP contribution in [0.2, 0.25) is 5.02 Å². The van der Waals surface area contributed by atoms with E-state index in [9.17, 15) is 4.79 Å². The summed E-state index contributed by atoms with van der Waals surface area (Å²) in [5.41, 5.74) is 2.19. The second-order valence-electron chi connectivity index (χ2n) is 5.97. The Morgan fingerprint density at radius 3 is 2.79 bits per heavy atom. The van der Waals surface area contributed by atoms with Gasteiger partial charge in [0.25, 0.3) is 0 Å². The fourth-order valence-electron chi connectivity index (χ4n) is 2.74. The van der Waals surface area contributed by atoms with E-state index in [1.165, 1.54) is 11.3 Å². The number of halogens is 1. The molecular weight excluding hydrogens is 344 g/mol. The number of aryl methyl sites for hydroxylation is 2. The number of hydrogen-bond donors (Lipinski definition) is 1. The van der Waals surface area contributed by atoms with Crippen molar-refractivity contribution in [1.29, 1.82) is 0 Å². The van der Waals surface area contributed by atoms with Crippen molar-refractivity contribution in [2.75, 3.05) is 36.4 Å². The van der Waals surface area contributed by atoms with Crippen LogP contribution >= 0.6 is 22.9 Å². The molecule has 0 bridgehead atoms. The zero-order chi connectivity index (χ0) is 17.1. The molecule has 24 heavy (non-hydrogen) atoms. The van der Waals surface area contributed by atoms with Gasteiger partial charge in [0.15, 0.2) is 5.13 Å². The Kier molecular flexibility index (Phi) is 5.26. The molecule has 0 unspecified atom stereocenters. The summed E-state index contributed by atoms with van der Waals surface area (Å²) in [6, 6.07) is 6.06. The molecule has 0 spiro atoms. The Hall–Kier alpha value is -1.79. The van der Waals surface area contributed by atoms with Crippen LogP contribution in [0.5, 0.6) is 0 Å². The predicted octanol–water partition coefficient (Wildman–Crippen LogP) is 4.16. The van der Waals surface area contributed by atoms with E-state index < -0.39 is 0 Å². The van der Waals surface area contributed by atoms with Crippen LogP contribution in [0.1, 0.15) is 16.9 Å². The summed E-state index contributed by atoms with van der Waals surface area (Å²) < 4.78 is 0. The highest BCUT2D eigenvalue weighted by Crippen LogP contribution is 2.24. The van der Waals surface area contributed by atoms with Crippen LogP contribution in [0.25, 0.3) is 0 Å². The molecule has 1 aliphatic heterocycles. The molecule has 1 aliphatic rings. The molecule has 1 saturated heterocycles. The highest BCUT2D eigenvalue weighted by atomic mass is 35.5. The molecule has 3 rings (SSSR count). The fraction of sp³-hybridized carbons (Fsp3) is 0.412. The smallest absolute Gasteiger partial charge is 0.323 e. The highest BCUT2D eigenvalue weighted by Gasteiger charge is 2.20. The number of thiazole rings is 1. The van der Waals surface area contributed by atoms with Crippen molar-refractivity contribution < 1.29 is 4.79 Å². The van der Waals surface area contributed by atoms with Crippen molar-refractivity contribution >= 4 is 39.8 Å². The lowest BCUT2D eigenvalue weighted by Crippen LogP contribution is -2.38. The van der Waals surface area contributed by atoms with E-state index >= 15 is 0 Å². The lowest BCUT2D eigenvalue weighted by atomic mass is 10.2. The Balaban J connectivity index is 1.62. The molecular formula is C17H21ClN4OS. The third kappa shape index (κ3) is 3.99. The van der Waals surface area contributed by atoms with Crippen molar-refractivity contribution in [2.24, 2.45) is 0 Å². The zero-order valence-electron chi connectivity index (χ0n) is 13.9. The number of anilines is 2. The summed E-state index contributed by atoms with van der Waals surface area (Å²) in [5, 5.41) is 4.33. The van der Waals surface area contributed by atoms with Gasteiger partial charge in [0.2, 0.25) is 0 Å². The number of amides is 2. The first-order chi connectivity index (χ1) is 11.5. The lowest BCUT2D eigenvalue weighted by molar-refractivity contribution is 0.215. The number of aromatic nitrogens is 1. The first-order valence-corrected chi connectivity index (χ1v) is 9.22. The standard InChI is InChI=1S/C17H21ClN4OS/c1-12-4-5-14(10-15(12)18)21-6-3-7-22(9-8-21)17(23)20-16-19-11-13(2)24-16/h4-5,10-11H,3,6-9H2,1-2H3,(H,19,20,23). The molecule has 2 heterocycles. The average Bonchev–Trinajstić information content (AvgIpc) is 2.82. The molecule has 5 nitrogen and oxygen atoms in total. The number of hydrogen-bond acceptors (Lipinski definition) is 4. The maximum absolute atomic E-state index is 12.4. The van der Waals surface area contributed by atoms with E-state index in [0.717, 1.165) is 47.2 Å². The van der Waals surface area contributed by atoms with Gasteiger partial charge in [0.1, 0.15) is 0 Å². The lowest BCUT2D eigenvalue weighted by Gasteiger charge is -2.24. The van der Waals surface area contributed by atoms with Gasteiger partial charge in [-0.15, -0.1) is 11.3 Å². The van der Waals surface area contributed by atoms with Crippen LogP contribution < -0.4 is 10.2 Å². The summed E-state index contributed by atoms with van der Waals surface area (Å²) in [4.78, 5) is 21.8. The Bertz CT molecular complexity index is 733. The fourth-order valence-corrected chi connectivity index (χ4v) is 3.57. The van der Waals surface area contributed by atoms with Crippen LogP contribution in [0, 0.1) is 13.8 Å². The number of nitrogens with zero attached hydrogens (tertiary/aromatic N) is 3. The maximum atomic E-state index is 12.4. The Morgan fingerprint density at radius 1 is 1.25 bits per heavy atom. The summed E-state index contributed by atoms with van der Waals surface area (Å²) in [5.74, 6) is 0. The van der Waals surface area contributed by atoms with Crippen molar-refractivity contribution in [3.8, 4) is 0 Å². The average molecular weight is 365 g/mol. The summed E-state index contributed by atoms with van der Waals surface area (Å²) in [7, 11) is 0. The predicted molar refractivity (Wildman–Crippen MR) is 100 cm³/mol. The van der Waals surface area contributed by atoms with Gasteiger partial charge in [-0.2, -0.15) is 0 Å². The van der Waals surface area contributed by atoms with Gasteiger partial charge >= 0.3 is 6.03 Å². The molecule has 2 aromatic rings. The van der Waals surface area contributed by atoms with Crippen molar-refractivity contribution in [3.05, 3.63) is 39.9 Å². The van der Waals surface area contributed by atoms with Gasteiger partial charge < -0.3 is 9.80 Å². The van der Waals surface area contributed by atoms with Crippen LogP contribution in [0.3, 0.4) is 0 Å². The molecule has 1 aromatic carbocycles. The van der Waals surface area contributed by atoms with Crippen LogP contribution in [0.15, 0.2) is 24.4 Å². The molecule has 7 heteroatoms. The van der Waals surface area contributed by atoms with Crippen LogP contribution in [-0.4, -0.2) is 42.1 Å². The molecule has 1 fully saturated rings. The van der Waals surface area contributed by atoms with Gasteiger partial charge in [-0.1, -0.05) is 17.7 Å². The summed E-state index contributed by atoms with van der Waals surface area (Å²) >= 11 is 7.73. The summed E-state index contributed by atoms with van der Waals surface area (Å²) in [6.45, 7) is 7.11. The minimum atomic E-state index is -0.0758. The van der Waals surface area contributed by atoms with Gasteiger partial charge in [0, 0.05) is 48.0 Å². The first-order valence-electron chi connectivity index (χ1n) is 8.02. The second kappa shape index (κ2) is 7.40. The molecule has 0 aliphatic carbocycles. The third-order valence-corrected chi connectivity index (χ3v) is 5.37. The SMILES string of the molecule is Cc1cnc(NC(=O)N2CCCN(c3ccc(C)c(Cl)c3)CC2)s1. The zero-order valence-corrected chi connectivity index (χ0v) is 15.5. The van der Waals surface area contributed by atoms with Crippen LogP contribution in [0.4, 0.5) is 15.6 Å². The molecule has 1 aromatic heterocycles. The Labute approximate surface area is 151 Å². The minimum absolute atomic E-state index is 0.0758. The van der Waals surface area contributed by atoms with Gasteiger partial charge in [0.05, 0.1) is 0 Å². The molecule has 0 atom stereocenters. The first kappa shape index (κ1) is 17.0. The number of rotatable bonds is 2. The summed E-state index contributed by atoms with van der Waals surface area (Å²) in [6.07, 6.45) is 2.70. The van der Waals surface area contributed by atoms with Crippen molar-refractivity contribution in [3.63, 3.8) is 0 Å². The van der Waals surface area contributed by atoms with E-state index in [-0.39, 0.29) is 6.03 Å². The minimum Gasteiger partial charge on any atom is -0.370 e. The van der Waals surface area contributed by atoms with Gasteiger partial charge in [-0.25, -0.2) is 9.78 Å². The molecule has 0 radical (unpaired) electrons. The quantitative estimate of drug-likeness (QED) is 0.870. The largest absolute Gasteiger partial charge is 0.370 e. The monoisotopic (exact) mass is 364 g/mol. The number of carbonyl (C=O) groups is 1. The van der Waals surface area contributed by atoms with E-state index in [2.05, 4.69) is 21.3 Å². The van der Waals surface area contributed by atoms with Gasteiger partial charge in [-0.05, 0) is 38.0 Å². The van der Waals surface area contributed by atoms with E-state index in [1.807, 2.05) is 30.9 Å². The highest BCUT2D eigenvalue weighted by molar-refractivity contribution is 7.15. The van der Waals surface area contributed by atoms with Crippen molar-refractivity contribution in [1.82, 2.24) is 9.88 Å². The number of benzene rings is 1. The third-order valence-electron chi connectivity index (χ3n) is 4.14. The maximum Gasteiger partial charge on any atom is 0.323 e. The van der Waals surface area contributed by atoms with E-state index in [4.69, 9.17) is 11.6 Å². The molecule has 2 amide bonds. The number of nitrogens with one attached hydrogen (secondary N) is 1. The topological polar surface area (TPSA) is 48.5 Å². The molecule has 1 N–H and O–H groups in total. The van der Waals surface area contributed by atoms with Gasteiger partial charge in [-0.3, -0.25) is 5.32 Å². The number of urea groups is 1.